The van der Waals surface area contributed by atoms with E-state index in [-0.39, 0.29) is 11.1 Å². The van der Waals surface area contributed by atoms with Crippen molar-refractivity contribution in [2.75, 3.05) is 26.2 Å². The topological polar surface area (TPSA) is 18.5 Å². The van der Waals surface area contributed by atoms with Crippen LogP contribution in [0.3, 0.4) is 0 Å². The molecule has 1 unspecified atom stereocenters. The van der Waals surface area contributed by atoms with Gasteiger partial charge in [0.25, 0.3) is 0 Å². The molecule has 0 spiro atoms. The summed E-state index contributed by atoms with van der Waals surface area (Å²) >= 11 is 0. The van der Waals surface area contributed by atoms with Gasteiger partial charge in [-0.1, -0.05) is 0 Å². The molecule has 1 N–H and O–H groups in total. The molecule has 22 heavy (non-hydrogen) atoms. The molecule has 1 fully saturated rings. The molecule has 3 heteroatoms. The third kappa shape index (κ3) is 6.97. The highest BCUT2D eigenvalue weighted by Gasteiger charge is 2.29. The Balaban J connectivity index is 2.39. The van der Waals surface area contributed by atoms with E-state index < -0.39 is 0 Å². The molecule has 0 amide bonds. The molecule has 0 bridgehead atoms. The minimum Gasteiger partial charge on any atom is -0.307 e. The number of piperazine rings is 1. The molecule has 1 atom stereocenters. The fourth-order valence-corrected chi connectivity index (χ4v) is 3.66. The Morgan fingerprint density at radius 2 is 1.36 bits per heavy atom. The van der Waals surface area contributed by atoms with E-state index in [9.17, 15) is 0 Å². The molecular weight excluding hydrogens is 270 g/mol. The standard InChI is InChI=1S/C19H41N3/c1-16(10-11-19(8,9)20-17(2,3)4)21-12-14-22(15-13-21)18(5,6)7/h16,20H,10-15H2,1-9H3. The third-order valence-electron chi connectivity index (χ3n) is 4.79. The molecule has 0 saturated carbocycles. The van der Waals surface area contributed by atoms with Gasteiger partial charge in [-0.2, -0.15) is 0 Å². The van der Waals surface area contributed by atoms with Gasteiger partial charge in [-0.05, 0) is 75.2 Å². The molecule has 0 aromatic heterocycles. The highest BCUT2D eigenvalue weighted by atomic mass is 15.3. The molecule has 0 aromatic carbocycles. The van der Waals surface area contributed by atoms with Crippen molar-refractivity contribution in [1.29, 1.82) is 0 Å². The van der Waals surface area contributed by atoms with Gasteiger partial charge < -0.3 is 5.32 Å². The quantitative estimate of drug-likeness (QED) is 0.834. The first-order valence-corrected chi connectivity index (χ1v) is 9.09. The lowest BCUT2D eigenvalue weighted by Gasteiger charge is -2.44. The van der Waals surface area contributed by atoms with Crippen molar-refractivity contribution in [3.8, 4) is 0 Å². The second-order valence-corrected chi connectivity index (χ2v) is 9.84. The van der Waals surface area contributed by atoms with E-state index in [1.165, 1.54) is 39.0 Å². The summed E-state index contributed by atoms with van der Waals surface area (Å²) in [6.45, 7) is 25.7. The number of hydrogen-bond donors (Lipinski definition) is 1. The Morgan fingerprint density at radius 3 is 1.77 bits per heavy atom. The minimum absolute atomic E-state index is 0.186. The van der Waals surface area contributed by atoms with Crippen LogP contribution in [0, 0.1) is 0 Å². The van der Waals surface area contributed by atoms with Crippen molar-refractivity contribution in [2.24, 2.45) is 0 Å². The van der Waals surface area contributed by atoms with Crippen LogP contribution >= 0.6 is 0 Å². The fraction of sp³-hybridized carbons (Fsp3) is 1.00. The van der Waals surface area contributed by atoms with E-state index in [2.05, 4.69) is 77.4 Å². The largest absolute Gasteiger partial charge is 0.307 e. The SMILES string of the molecule is CC(CCC(C)(C)NC(C)(C)C)N1CCN(C(C)(C)C)CC1. The molecule has 3 nitrogen and oxygen atoms in total. The summed E-state index contributed by atoms with van der Waals surface area (Å²) in [7, 11) is 0. The summed E-state index contributed by atoms with van der Waals surface area (Å²) in [5.74, 6) is 0. The predicted octanol–water partition coefficient (Wildman–Crippen LogP) is 3.74. The van der Waals surface area contributed by atoms with Crippen LogP contribution < -0.4 is 5.32 Å². The van der Waals surface area contributed by atoms with E-state index in [0.717, 1.165) is 0 Å². The van der Waals surface area contributed by atoms with Crippen LogP contribution in [0.1, 0.15) is 75.2 Å². The van der Waals surface area contributed by atoms with Crippen molar-refractivity contribution in [1.82, 2.24) is 15.1 Å². The lowest BCUT2D eigenvalue weighted by atomic mass is 9.92. The van der Waals surface area contributed by atoms with Gasteiger partial charge in [0.15, 0.2) is 0 Å². The number of nitrogens with zero attached hydrogens (tertiary/aromatic N) is 2. The van der Waals surface area contributed by atoms with Gasteiger partial charge in [0.1, 0.15) is 0 Å². The Bertz CT molecular complexity index is 328. The minimum atomic E-state index is 0.186. The molecule has 1 aliphatic rings. The van der Waals surface area contributed by atoms with Crippen LogP contribution in [0.25, 0.3) is 0 Å². The molecule has 0 aliphatic carbocycles. The molecular formula is C19H41N3. The van der Waals surface area contributed by atoms with E-state index in [4.69, 9.17) is 0 Å². The summed E-state index contributed by atoms with van der Waals surface area (Å²) in [5.41, 5.74) is 0.707. The zero-order valence-corrected chi connectivity index (χ0v) is 16.7. The van der Waals surface area contributed by atoms with Crippen molar-refractivity contribution < 1.29 is 0 Å². The summed E-state index contributed by atoms with van der Waals surface area (Å²) in [5, 5.41) is 3.75. The first-order chi connectivity index (χ1) is 9.80. The average molecular weight is 312 g/mol. The van der Waals surface area contributed by atoms with Crippen LogP contribution in [0.4, 0.5) is 0 Å². The van der Waals surface area contributed by atoms with Crippen LogP contribution in [0.5, 0.6) is 0 Å². The monoisotopic (exact) mass is 311 g/mol. The van der Waals surface area contributed by atoms with Crippen molar-refractivity contribution in [3.63, 3.8) is 0 Å². The third-order valence-corrected chi connectivity index (χ3v) is 4.79. The Labute approximate surface area is 139 Å². The predicted molar refractivity (Wildman–Crippen MR) is 98.6 cm³/mol. The van der Waals surface area contributed by atoms with Crippen molar-refractivity contribution in [2.45, 2.75) is 97.8 Å². The normalized spacial score (nSPS) is 21.1. The van der Waals surface area contributed by atoms with Gasteiger partial charge in [0.2, 0.25) is 0 Å². The molecule has 1 saturated heterocycles. The van der Waals surface area contributed by atoms with Gasteiger partial charge in [-0.15, -0.1) is 0 Å². The van der Waals surface area contributed by atoms with Gasteiger partial charge in [0, 0.05) is 48.8 Å². The maximum absolute atomic E-state index is 3.75. The zero-order valence-electron chi connectivity index (χ0n) is 16.7. The summed E-state index contributed by atoms with van der Waals surface area (Å²) in [6, 6.07) is 0.683. The Hall–Kier alpha value is -0.120. The van der Waals surface area contributed by atoms with Gasteiger partial charge in [-0.3, -0.25) is 9.80 Å². The van der Waals surface area contributed by atoms with Crippen LogP contribution in [0.2, 0.25) is 0 Å². The van der Waals surface area contributed by atoms with Gasteiger partial charge in [-0.25, -0.2) is 0 Å². The number of nitrogens with one attached hydrogen (secondary N) is 1. The van der Waals surface area contributed by atoms with E-state index >= 15 is 0 Å². The van der Waals surface area contributed by atoms with E-state index in [1.807, 2.05) is 0 Å². The second-order valence-electron chi connectivity index (χ2n) is 9.84. The maximum Gasteiger partial charge on any atom is 0.0130 e. The van der Waals surface area contributed by atoms with Gasteiger partial charge in [0.05, 0.1) is 0 Å². The number of hydrogen-bond acceptors (Lipinski definition) is 3. The van der Waals surface area contributed by atoms with Crippen LogP contribution in [-0.4, -0.2) is 58.6 Å². The van der Waals surface area contributed by atoms with Crippen LogP contribution in [-0.2, 0) is 0 Å². The lowest BCUT2D eigenvalue weighted by molar-refractivity contribution is 0.0417. The summed E-state index contributed by atoms with van der Waals surface area (Å²) < 4.78 is 0. The molecule has 1 rings (SSSR count). The smallest absolute Gasteiger partial charge is 0.0130 e. The second kappa shape index (κ2) is 7.19. The summed E-state index contributed by atoms with van der Waals surface area (Å²) in [4.78, 5) is 5.29. The Kier molecular flexibility index (Phi) is 6.51. The molecule has 132 valence electrons. The highest BCUT2D eigenvalue weighted by molar-refractivity contribution is 4.88. The zero-order chi connectivity index (χ0) is 17.2. The molecule has 0 radical (unpaired) electrons. The first-order valence-electron chi connectivity index (χ1n) is 9.09. The maximum atomic E-state index is 3.75. The molecule has 1 aliphatic heterocycles. The first kappa shape index (κ1) is 19.9. The average Bonchev–Trinajstić information content (AvgIpc) is 2.32. The summed E-state index contributed by atoms with van der Waals surface area (Å²) in [6.07, 6.45) is 2.50. The van der Waals surface area contributed by atoms with E-state index in [0.29, 0.717) is 11.6 Å². The van der Waals surface area contributed by atoms with Crippen molar-refractivity contribution >= 4 is 0 Å². The lowest BCUT2D eigenvalue weighted by Crippen LogP contribution is -2.55. The highest BCUT2D eigenvalue weighted by Crippen LogP contribution is 2.21. The van der Waals surface area contributed by atoms with E-state index in [1.54, 1.807) is 0 Å². The fourth-order valence-electron chi connectivity index (χ4n) is 3.66. The molecule has 0 aromatic rings. The van der Waals surface area contributed by atoms with Crippen LogP contribution in [0.15, 0.2) is 0 Å². The number of rotatable bonds is 5. The Morgan fingerprint density at radius 1 is 0.864 bits per heavy atom. The van der Waals surface area contributed by atoms with Gasteiger partial charge >= 0.3 is 0 Å². The van der Waals surface area contributed by atoms with Crippen molar-refractivity contribution in [3.05, 3.63) is 0 Å². The molecule has 1 heterocycles.